The number of hydrogen-bond acceptors (Lipinski definition) is 5. The van der Waals surface area contributed by atoms with Gasteiger partial charge in [0.2, 0.25) is 11.8 Å². The number of aliphatic carboxylic acids is 1. The molecule has 1 saturated heterocycles. The van der Waals surface area contributed by atoms with Gasteiger partial charge in [0.05, 0.1) is 0 Å². The van der Waals surface area contributed by atoms with Crippen molar-refractivity contribution in [2.24, 2.45) is 11.8 Å². The number of carbonyl (C=O) groups excluding carboxylic acids is 3. The van der Waals surface area contributed by atoms with Gasteiger partial charge in [0.25, 0.3) is 0 Å². The van der Waals surface area contributed by atoms with E-state index in [1.54, 1.807) is 27.0 Å². The van der Waals surface area contributed by atoms with E-state index in [1.807, 2.05) is 24.3 Å². The molecular weight excluding hydrogens is 562 g/mol. The van der Waals surface area contributed by atoms with Crippen LogP contribution in [-0.4, -0.2) is 81.7 Å². The van der Waals surface area contributed by atoms with Crippen LogP contribution in [-0.2, 0) is 25.5 Å². The Morgan fingerprint density at radius 3 is 2.23 bits per heavy atom. The number of hydrogen-bond donors (Lipinski definition) is 4. The fraction of sp³-hybridized carbons (Fsp3) is 0.636. The first-order valence-corrected chi connectivity index (χ1v) is 15.4. The molecule has 3 amide bonds. The number of benzene rings is 1. The van der Waals surface area contributed by atoms with Gasteiger partial charge in [0, 0.05) is 30.1 Å². The van der Waals surface area contributed by atoms with Gasteiger partial charge in [-0.15, -0.1) is 13.1 Å². The maximum atomic E-state index is 13.5. The van der Waals surface area contributed by atoms with Gasteiger partial charge in [0.1, 0.15) is 23.2 Å². The first-order valence-electron chi connectivity index (χ1n) is 15.4. The number of likely N-dealkylation sites (tertiary alicyclic amines) is 1. The zero-order valence-electron chi connectivity index (χ0n) is 27.8. The summed E-state index contributed by atoms with van der Waals surface area (Å²) in [6, 6.07) is 5.63. The molecule has 2 atom stereocenters. The average molecular weight is 615 g/mol. The maximum absolute atomic E-state index is 13.5. The van der Waals surface area contributed by atoms with Crippen LogP contribution in [0.2, 0.25) is 0 Å². The van der Waals surface area contributed by atoms with E-state index in [4.69, 9.17) is 4.74 Å². The summed E-state index contributed by atoms with van der Waals surface area (Å²) in [6.07, 6.45) is 2.10. The molecule has 2 heterocycles. The fourth-order valence-electron chi connectivity index (χ4n) is 4.75. The Bertz CT molecular complexity index is 1250. The van der Waals surface area contributed by atoms with Crippen LogP contribution < -0.4 is 10.6 Å². The maximum Gasteiger partial charge on any atom is 0.408 e. The first-order chi connectivity index (χ1) is 20.4. The summed E-state index contributed by atoms with van der Waals surface area (Å²) >= 11 is 0. The second-order valence-corrected chi connectivity index (χ2v) is 13.7. The van der Waals surface area contributed by atoms with Crippen LogP contribution in [0.5, 0.6) is 0 Å². The van der Waals surface area contributed by atoms with E-state index in [0.717, 1.165) is 41.4 Å². The van der Waals surface area contributed by atoms with Gasteiger partial charge in [-0.1, -0.05) is 57.7 Å². The van der Waals surface area contributed by atoms with E-state index in [2.05, 4.69) is 48.6 Å². The largest absolute Gasteiger partial charge is 0.662 e. The molecule has 0 aliphatic carbocycles. The Morgan fingerprint density at radius 1 is 1.05 bits per heavy atom. The second kappa shape index (κ2) is 15.9. The number of para-hydroxylation sites is 1. The number of H-pyrrole nitrogens is 1. The second-order valence-electron chi connectivity index (χ2n) is 13.7. The Labute approximate surface area is 261 Å². The number of carboxylic acid groups (broad SMARTS) is 1. The highest BCUT2D eigenvalue weighted by Gasteiger charge is 2.40. The molecule has 4 N–H and O–H groups in total. The van der Waals surface area contributed by atoms with Gasteiger partial charge in [-0.2, -0.15) is 0 Å². The molecule has 2 aromatic rings. The predicted molar refractivity (Wildman–Crippen MR) is 173 cm³/mol. The summed E-state index contributed by atoms with van der Waals surface area (Å²) in [5.41, 5.74) is -0.440. The number of fused-ring (bicyclic) bond motifs is 1. The topological polar surface area (TPSA) is 155 Å². The number of aromatic nitrogens is 1. The highest BCUT2D eigenvalue weighted by atomic mass is 16.6. The third-order valence-corrected chi connectivity index (χ3v) is 6.89. The van der Waals surface area contributed by atoms with Crippen molar-refractivity contribution in [2.75, 3.05) is 19.6 Å². The molecule has 0 bridgehead atoms. The molecule has 1 aromatic heterocycles. The molecule has 11 heteroatoms. The lowest BCUT2D eigenvalue weighted by atomic mass is 10.00. The van der Waals surface area contributed by atoms with Gasteiger partial charge in [-0.05, 0) is 59.1 Å². The molecular formula is C33H52N5O6-. The predicted octanol–water partition coefficient (Wildman–Crippen LogP) is 5.25. The average Bonchev–Trinajstić information content (AvgIpc) is 3.54. The smallest absolute Gasteiger partial charge is 0.408 e. The Balaban J connectivity index is 0.000000651. The lowest BCUT2D eigenvalue weighted by Crippen LogP contribution is -2.60. The zero-order chi connectivity index (χ0) is 33.2. The number of nitrogens with one attached hydrogen (secondary N) is 3. The van der Waals surface area contributed by atoms with E-state index >= 15 is 0 Å². The third kappa shape index (κ3) is 11.5. The van der Waals surface area contributed by atoms with Crippen LogP contribution in [0, 0.1) is 11.8 Å². The number of alkyl carbamates (subject to hydrolysis) is 1. The van der Waals surface area contributed by atoms with Crippen molar-refractivity contribution >= 4 is 34.8 Å². The number of carbonyl (C=O) groups is 4. The minimum absolute atomic E-state index is 0.153. The number of amides is 3. The number of nitrogens with zero attached hydrogens (tertiary/aromatic N) is 2. The summed E-state index contributed by atoms with van der Waals surface area (Å²) in [5.74, 6) is -0.679. The first kappa shape index (κ1) is 36.6. The van der Waals surface area contributed by atoms with Crippen molar-refractivity contribution in [3.8, 4) is 0 Å². The normalized spacial score (nSPS) is 16.0. The number of aromatic amines is 1. The van der Waals surface area contributed by atoms with Gasteiger partial charge in [-0.3, -0.25) is 9.59 Å². The van der Waals surface area contributed by atoms with Crippen molar-refractivity contribution in [3.05, 3.63) is 41.3 Å². The summed E-state index contributed by atoms with van der Waals surface area (Å²) in [4.78, 5) is 55.2. The van der Waals surface area contributed by atoms with Crippen LogP contribution >= 0.6 is 0 Å². The lowest BCUT2D eigenvalue weighted by molar-refractivity contribution is -0.149. The van der Waals surface area contributed by atoms with Crippen LogP contribution in [0.4, 0.5) is 4.79 Å². The van der Waals surface area contributed by atoms with Crippen molar-refractivity contribution in [1.29, 1.82) is 0 Å². The quantitative estimate of drug-likeness (QED) is 0.271. The minimum atomic E-state index is -1.39. The highest BCUT2D eigenvalue weighted by Crippen LogP contribution is 2.23. The Hall–Kier alpha value is -3.60. The van der Waals surface area contributed by atoms with E-state index in [0.29, 0.717) is 19.4 Å². The number of carboxylic acids is 1. The summed E-state index contributed by atoms with van der Waals surface area (Å²) in [6.45, 7) is 19.3. The molecule has 246 valence electrons. The van der Waals surface area contributed by atoms with Crippen LogP contribution in [0.3, 0.4) is 0 Å². The monoisotopic (exact) mass is 614 g/mol. The third-order valence-electron chi connectivity index (χ3n) is 6.89. The molecule has 0 unspecified atom stereocenters. The van der Waals surface area contributed by atoms with Crippen molar-refractivity contribution in [3.63, 3.8) is 0 Å². The number of rotatable bonds is 11. The standard InChI is InChI=1S/C25H34N4O6.C8H18N/c1-24(2,3)35-23(34)28-25(4,5)22(33)27-18(20(30)29-12-8-11-19(29)21(31)32)13-15-14-26-17-10-7-6-9-16(15)17;1-7(2)5-9-6-8(3)4/h6-7,9-10,14,18-19,26H,8,11-13H2,1-5H3,(H,27,33)(H,28,34)(H,31,32);7-8H,5-6H2,1-4H3/q;-1/t18-,19-;/m1./s1. The summed E-state index contributed by atoms with van der Waals surface area (Å²) in [5, 5.41) is 20.1. The van der Waals surface area contributed by atoms with E-state index < -0.39 is 47.1 Å². The van der Waals surface area contributed by atoms with Crippen LogP contribution in [0.25, 0.3) is 16.2 Å². The van der Waals surface area contributed by atoms with Gasteiger partial charge >= 0.3 is 12.1 Å². The molecule has 0 saturated carbocycles. The van der Waals surface area contributed by atoms with E-state index in [1.165, 1.54) is 18.7 Å². The van der Waals surface area contributed by atoms with Crippen molar-refractivity contribution < 1.29 is 29.0 Å². The van der Waals surface area contributed by atoms with Crippen molar-refractivity contribution in [2.45, 2.75) is 105 Å². The molecule has 1 aliphatic heterocycles. The van der Waals surface area contributed by atoms with Gasteiger partial charge in [-0.25, -0.2) is 9.59 Å². The molecule has 1 aromatic carbocycles. The molecule has 44 heavy (non-hydrogen) atoms. The molecule has 1 fully saturated rings. The number of ether oxygens (including phenoxy) is 1. The van der Waals surface area contributed by atoms with E-state index in [-0.39, 0.29) is 6.42 Å². The van der Waals surface area contributed by atoms with Gasteiger partial charge < -0.3 is 35.7 Å². The lowest BCUT2D eigenvalue weighted by Gasteiger charge is -2.31. The highest BCUT2D eigenvalue weighted by molar-refractivity contribution is 5.95. The minimum Gasteiger partial charge on any atom is -0.662 e. The van der Waals surface area contributed by atoms with Crippen molar-refractivity contribution in [1.82, 2.24) is 20.5 Å². The Morgan fingerprint density at radius 2 is 1.66 bits per heavy atom. The molecule has 3 rings (SSSR count). The molecule has 1 aliphatic rings. The molecule has 0 radical (unpaired) electrons. The zero-order valence-corrected chi connectivity index (χ0v) is 27.8. The van der Waals surface area contributed by atoms with E-state index in [9.17, 15) is 24.3 Å². The summed E-state index contributed by atoms with van der Waals surface area (Å²) in [7, 11) is 0. The molecule has 0 spiro atoms. The Kier molecular flexibility index (Phi) is 13.2. The fourth-order valence-corrected chi connectivity index (χ4v) is 4.75. The summed E-state index contributed by atoms with van der Waals surface area (Å²) < 4.78 is 5.26. The van der Waals surface area contributed by atoms with Crippen LogP contribution in [0.1, 0.15) is 80.7 Å². The van der Waals surface area contributed by atoms with Gasteiger partial charge in [0.15, 0.2) is 0 Å². The molecule has 11 nitrogen and oxygen atoms in total. The SMILES string of the molecule is CC(C)(C)OC(=O)NC(C)(C)C(=O)N[C@H](Cc1c[nH]c2ccccc12)C(=O)N1CCC[C@@H]1C(=O)O.CC(C)C[N-]CC(C)C. The van der Waals surface area contributed by atoms with Crippen LogP contribution in [0.15, 0.2) is 30.5 Å².